The maximum atomic E-state index is 12.9. The third kappa shape index (κ3) is 3.05. The number of hydrogen-bond donors (Lipinski definition) is 0. The molecule has 1 aliphatic rings. The van der Waals surface area contributed by atoms with E-state index in [1.165, 1.54) is 6.07 Å². The average Bonchev–Trinajstić information content (AvgIpc) is 2.90. The first-order valence-electron chi connectivity index (χ1n) is 5.90. The minimum absolute atomic E-state index is 0.248. The summed E-state index contributed by atoms with van der Waals surface area (Å²) in [6.45, 7) is 0. The van der Waals surface area contributed by atoms with Crippen molar-refractivity contribution in [2.24, 2.45) is 0 Å². The van der Waals surface area contributed by atoms with E-state index in [-0.39, 0.29) is 17.9 Å². The van der Waals surface area contributed by atoms with Crippen molar-refractivity contribution in [3.05, 3.63) is 29.3 Å². The number of aldehydes is 1. The third-order valence-corrected chi connectivity index (χ3v) is 4.47. The van der Waals surface area contributed by atoms with Gasteiger partial charge in [-0.05, 0) is 30.4 Å². The number of hydrogen-bond acceptors (Lipinski definition) is 3. The molecule has 0 aromatic heterocycles. The smallest absolute Gasteiger partial charge is 0.371 e. The highest BCUT2D eigenvalue weighted by molar-refractivity contribution is 7.99. The molecule has 0 saturated carbocycles. The first-order valence-corrected chi connectivity index (χ1v) is 7.06. The standard InChI is InChI=1S/C13H14F3NOS/c1-17(11-4-5-19-8-11)10-3-2-9(7-18)12(6-10)13(14,15)16/h2-3,6-7,11H,4-5,8H2,1H3. The van der Waals surface area contributed by atoms with Gasteiger partial charge in [-0.1, -0.05) is 0 Å². The van der Waals surface area contributed by atoms with Crippen molar-refractivity contribution in [3.8, 4) is 0 Å². The van der Waals surface area contributed by atoms with Crippen molar-refractivity contribution in [3.63, 3.8) is 0 Å². The van der Waals surface area contributed by atoms with Gasteiger partial charge in [0.2, 0.25) is 0 Å². The highest BCUT2D eigenvalue weighted by Gasteiger charge is 2.34. The van der Waals surface area contributed by atoms with E-state index in [0.717, 1.165) is 24.0 Å². The summed E-state index contributed by atoms with van der Waals surface area (Å²) < 4.78 is 38.6. The number of carbonyl (C=O) groups is 1. The van der Waals surface area contributed by atoms with Gasteiger partial charge in [0, 0.05) is 30.1 Å². The molecule has 0 bridgehead atoms. The van der Waals surface area contributed by atoms with Crippen LogP contribution in [0.1, 0.15) is 22.3 Å². The predicted molar refractivity (Wildman–Crippen MR) is 71.0 cm³/mol. The molecule has 2 rings (SSSR count). The molecule has 0 spiro atoms. The first-order chi connectivity index (χ1) is 8.93. The van der Waals surface area contributed by atoms with Gasteiger partial charge in [-0.25, -0.2) is 0 Å². The molecule has 6 heteroatoms. The van der Waals surface area contributed by atoms with E-state index in [1.807, 2.05) is 4.90 Å². The van der Waals surface area contributed by atoms with Crippen molar-refractivity contribution in [2.75, 3.05) is 23.5 Å². The van der Waals surface area contributed by atoms with Crippen molar-refractivity contribution < 1.29 is 18.0 Å². The molecular weight excluding hydrogens is 275 g/mol. The van der Waals surface area contributed by atoms with Crippen LogP contribution in [0.25, 0.3) is 0 Å². The number of thioether (sulfide) groups is 1. The fourth-order valence-electron chi connectivity index (χ4n) is 2.15. The molecule has 1 heterocycles. The maximum Gasteiger partial charge on any atom is 0.417 e. The zero-order chi connectivity index (χ0) is 14.0. The summed E-state index contributed by atoms with van der Waals surface area (Å²) in [7, 11) is 1.80. The van der Waals surface area contributed by atoms with Gasteiger partial charge in [-0.15, -0.1) is 0 Å². The van der Waals surface area contributed by atoms with Gasteiger partial charge in [0.15, 0.2) is 6.29 Å². The van der Waals surface area contributed by atoms with Crippen LogP contribution >= 0.6 is 11.8 Å². The molecular formula is C13H14F3NOS. The van der Waals surface area contributed by atoms with Crippen molar-refractivity contribution in [1.29, 1.82) is 0 Å². The second kappa shape index (κ2) is 5.45. The molecule has 1 unspecified atom stereocenters. The van der Waals surface area contributed by atoms with Crippen molar-refractivity contribution in [2.45, 2.75) is 18.6 Å². The molecule has 1 aromatic carbocycles. The molecule has 19 heavy (non-hydrogen) atoms. The van der Waals surface area contributed by atoms with E-state index in [2.05, 4.69) is 0 Å². The molecule has 0 amide bonds. The molecule has 1 saturated heterocycles. The van der Waals surface area contributed by atoms with Crippen LogP contribution in [-0.2, 0) is 6.18 Å². The second-order valence-electron chi connectivity index (χ2n) is 4.52. The van der Waals surface area contributed by atoms with Crippen molar-refractivity contribution in [1.82, 2.24) is 0 Å². The zero-order valence-electron chi connectivity index (χ0n) is 10.4. The van der Waals surface area contributed by atoms with Crippen LogP contribution in [0.3, 0.4) is 0 Å². The molecule has 1 atom stereocenters. The Balaban J connectivity index is 2.34. The number of rotatable bonds is 3. The van der Waals surface area contributed by atoms with E-state index in [0.29, 0.717) is 5.69 Å². The van der Waals surface area contributed by atoms with E-state index in [9.17, 15) is 18.0 Å². The number of alkyl halides is 3. The van der Waals surface area contributed by atoms with E-state index >= 15 is 0 Å². The van der Waals surface area contributed by atoms with Gasteiger partial charge in [0.1, 0.15) is 0 Å². The van der Waals surface area contributed by atoms with Crippen LogP contribution < -0.4 is 4.90 Å². The largest absolute Gasteiger partial charge is 0.417 e. The number of halogens is 3. The summed E-state index contributed by atoms with van der Waals surface area (Å²) in [6.07, 6.45) is -3.28. The van der Waals surface area contributed by atoms with Crippen molar-refractivity contribution >= 4 is 23.7 Å². The van der Waals surface area contributed by atoms with Gasteiger partial charge in [0.25, 0.3) is 0 Å². The second-order valence-corrected chi connectivity index (χ2v) is 5.67. The van der Waals surface area contributed by atoms with Gasteiger partial charge in [-0.2, -0.15) is 24.9 Å². The maximum absolute atomic E-state index is 12.9. The van der Waals surface area contributed by atoms with Crippen LogP contribution in [0.2, 0.25) is 0 Å². The SMILES string of the molecule is CN(c1ccc(C=O)c(C(F)(F)F)c1)C1CCSC1. The lowest BCUT2D eigenvalue weighted by molar-refractivity contribution is -0.137. The number of benzene rings is 1. The fourth-order valence-corrected chi connectivity index (χ4v) is 3.42. The van der Waals surface area contributed by atoms with E-state index in [1.54, 1.807) is 24.9 Å². The lowest BCUT2D eigenvalue weighted by Gasteiger charge is -2.27. The number of nitrogens with zero attached hydrogens (tertiary/aromatic N) is 1. The zero-order valence-corrected chi connectivity index (χ0v) is 11.2. The van der Waals surface area contributed by atoms with E-state index < -0.39 is 11.7 Å². The Bertz CT molecular complexity index is 469. The Hall–Kier alpha value is -1.17. The predicted octanol–water partition coefficient (Wildman–Crippen LogP) is 3.46. The highest BCUT2D eigenvalue weighted by atomic mass is 32.2. The molecule has 2 nitrogen and oxygen atoms in total. The monoisotopic (exact) mass is 289 g/mol. The summed E-state index contributed by atoms with van der Waals surface area (Å²) in [5.41, 5.74) is -0.673. The normalized spacial score (nSPS) is 19.5. The van der Waals surface area contributed by atoms with Crippen LogP contribution in [-0.4, -0.2) is 30.9 Å². The highest BCUT2D eigenvalue weighted by Crippen LogP contribution is 2.35. The Labute approximate surface area is 114 Å². The summed E-state index contributed by atoms with van der Waals surface area (Å²) in [5, 5.41) is 0. The third-order valence-electron chi connectivity index (χ3n) is 3.33. The van der Waals surface area contributed by atoms with Gasteiger partial charge in [-0.3, -0.25) is 4.79 Å². The molecule has 0 N–H and O–H groups in total. The Kier molecular flexibility index (Phi) is 4.08. The number of anilines is 1. The molecule has 104 valence electrons. The Morgan fingerprint density at radius 1 is 1.42 bits per heavy atom. The summed E-state index contributed by atoms with van der Waals surface area (Å²) in [6, 6.07) is 4.13. The van der Waals surface area contributed by atoms with Crippen LogP contribution in [0.15, 0.2) is 18.2 Å². The first kappa shape index (κ1) is 14.2. The lowest BCUT2D eigenvalue weighted by atomic mass is 10.1. The average molecular weight is 289 g/mol. The Morgan fingerprint density at radius 3 is 2.68 bits per heavy atom. The molecule has 0 aliphatic carbocycles. The number of carbonyl (C=O) groups excluding carboxylic acids is 1. The topological polar surface area (TPSA) is 20.3 Å². The summed E-state index contributed by atoms with van der Waals surface area (Å²) in [5.74, 6) is 1.96. The summed E-state index contributed by atoms with van der Waals surface area (Å²) >= 11 is 1.80. The lowest BCUT2D eigenvalue weighted by Crippen LogP contribution is -2.31. The van der Waals surface area contributed by atoms with Gasteiger partial charge < -0.3 is 4.90 Å². The minimum Gasteiger partial charge on any atom is -0.371 e. The summed E-state index contributed by atoms with van der Waals surface area (Å²) in [4.78, 5) is 12.6. The van der Waals surface area contributed by atoms with E-state index in [4.69, 9.17) is 0 Å². The Morgan fingerprint density at radius 2 is 2.16 bits per heavy atom. The minimum atomic E-state index is -4.50. The quantitative estimate of drug-likeness (QED) is 0.795. The molecule has 1 fully saturated rings. The van der Waals surface area contributed by atoms with Gasteiger partial charge in [0.05, 0.1) is 5.56 Å². The van der Waals surface area contributed by atoms with Crippen LogP contribution in [0.5, 0.6) is 0 Å². The van der Waals surface area contributed by atoms with Crippen LogP contribution in [0, 0.1) is 0 Å². The van der Waals surface area contributed by atoms with Crippen LogP contribution in [0.4, 0.5) is 18.9 Å². The molecule has 0 radical (unpaired) electrons. The molecule has 1 aliphatic heterocycles. The fraction of sp³-hybridized carbons (Fsp3) is 0.462. The van der Waals surface area contributed by atoms with Gasteiger partial charge >= 0.3 is 6.18 Å². The molecule has 1 aromatic rings.